The molecule has 0 spiro atoms. The van der Waals surface area contributed by atoms with Gasteiger partial charge in [-0.1, -0.05) is 0 Å². The standard InChI is InChI=1S/C4H4N3O2/c8-7(9)4-5-2-1-3-6-4/h1-4H. The van der Waals surface area contributed by atoms with E-state index in [9.17, 15) is 10.1 Å². The second kappa shape index (κ2) is 2.25. The van der Waals surface area contributed by atoms with Crippen molar-refractivity contribution in [1.82, 2.24) is 5.32 Å². The molecule has 0 amide bonds. The third kappa shape index (κ3) is 1.25. The highest BCUT2D eigenvalue weighted by Crippen LogP contribution is 1.92. The van der Waals surface area contributed by atoms with Crippen molar-refractivity contribution in [2.45, 2.75) is 6.29 Å². The molecule has 1 aliphatic rings. The zero-order valence-corrected chi connectivity index (χ0v) is 4.47. The molecular formula is C4H4N3O2. The summed E-state index contributed by atoms with van der Waals surface area (Å²) < 4.78 is 0. The van der Waals surface area contributed by atoms with Gasteiger partial charge in [0.2, 0.25) is 0 Å². The molecule has 47 valence electrons. The molecule has 0 bridgehead atoms. The van der Waals surface area contributed by atoms with Gasteiger partial charge < -0.3 is 0 Å². The van der Waals surface area contributed by atoms with Crippen LogP contribution in [-0.2, 0) is 0 Å². The predicted octanol–water partition coefficient (Wildman–Crippen LogP) is -0.251. The van der Waals surface area contributed by atoms with Gasteiger partial charge in [0.1, 0.15) is 0 Å². The molecule has 1 unspecified atom stereocenters. The van der Waals surface area contributed by atoms with Crippen molar-refractivity contribution < 1.29 is 4.92 Å². The Balaban J connectivity index is 2.56. The molecule has 0 saturated carbocycles. The topological polar surface area (TPSA) is 69.6 Å². The third-order valence-corrected chi connectivity index (χ3v) is 0.799. The van der Waals surface area contributed by atoms with Crippen LogP contribution in [-0.4, -0.2) is 17.4 Å². The quantitative estimate of drug-likeness (QED) is 0.359. The van der Waals surface area contributed by atoms with Crippen LogP contribution in [0.1, 0.15) is 0 Å². The molecule has 0 aromatic heterocycles. The first-order valence-corrected chi connectivity index (χ1v) is 2.32. The fourth-order valence-corrected chi connectivity index (χ4v) is 0.439. The zero-order valence-electron chi connectivity index (χ0n) is 4.47. The van der Waals surface area contributed by atoms with E-state index in [0.717, 1.165) is 0 Å². The van der Waals surface area contributed by atoms with E-state index in [4.69, 9.17) is 0 Å². The van der Waals surface area contributed by atoms with E-state index in [2.05, 4.69) is 10.3 Å². The molecule has 0 aromatic carbocycles. The number of hydrogen-bond donors (Lipinski definition) is 0. The van der Waals surface area contributed by atoms with Crippen LogP contribution in [0.2, 0.25) is 0 Å². The monoisotopic (exact) mass is 126 g/mol. The molecule has 5 nitrogen and oxygen atoms in total. The molecule has 1 aliphatic heterocycles. The van der Waals surface area contributed by atoms with Gasteiger partial charge in [0.05, 0.1) is 4.92 Å². The van der Waals surface area contributed by atoms with Crippen LogP contribution in [0, 0.1) is 10.1 Å². The van der Waals surface area contributed by atoms with E-state index in [1.165, 1.54) is 12.4 Å². The summed E-state index contributed by atoms with van der Waals surface area (Å²) in [5, 5.41) is 13.4. The molecule has 0 aromatic rings. The number of nitro groups is 1. The van der Waals surface area contributed by atoms with Crippen molar-refractivity contribution in [3.63, 3.8) is 0 Å². The average Bonchev–Trinajstić information content (AvgIpc) is 1.90. The molecule has 1 heterocycles. The zero-order chi connectivity index (χ0) is 6.69. The van der Waals surface area contributed by atoms with E-state index in [1.54, 1.807) is 6.08 Å². The molecule has 0 saturated heterocycles. The molecule has 0 N–H and O–H groups in total. The van der Waals surface area contributed by atoms with Gasteiger partial charge in [0.15, 0.2) is 0 Å². The largest absolute Gasteiger partial charge is 0.402 e. The molecular weight excluding hydrogens is 122 g/mol. The summed E-state index contributed by atoms with van der Waals surface area (Å²) in [4.78, 5) is 12.8. The third-order valence-electron chi connectivity index (χ3n) is 0.799. The van der Waals surface area contributed by atoms with Crippen LogP contribution >= 0.6 is 0 Å². The Morgan fingerprint density at radius 1 is 1.67 bits per heavy atom. The van der Waals surface area contributed by atoms with Crippen LogP contribution in [0.4, 0.5) is 0 Å². The van der Waals surface area contributed by atoms with Crippen molar-refractivity contribution in [3.05, 3.63) is 22.4 Å². The molecule has 9 heavy (non-hydrogen) atoms. The fourth-order valence-electron chi connectivity index (χ4n) is 0.439. The summed E-state index contributed by atoms with van der Waals surface area (Å²) in [7, 11) is 0. The normalized spacial score (nSPS) is 23.3. The Kier molecular flexibility index (Phi) is 1.44. The Morgan fingerprint density at radius 3 is 2.78 bits per heavy atom. The highest BCUT2D eigenvalue weighted by molar-refractivity contribution is 5.71. The van der Waals surface area contributed by atoms with Gasteiger partial charge in [-0.05, 0) is 6.08 Å². The Labute approximate surface area is 51.2 Å². The van der Waals surface area contributed by atoms with Crippen molar-refractivity contribution in [2.75, 3.05) is 0 Å². The van der Waals surface area contributed by atoms with E-state index < -0.39 is 11.2 Å². The van der Waals surface area contributed by atoms with Gasteiger partial charge in [0.25, 0.3) is 0 Å². The molecule has 5 heteroatoms. The number of aliphatic imine (C=N–C) groups is 1. The number of nitrogens with zero attached hydrogens (tertiary/aromatic N) is 3. The first-order valence-electron chi connectivity index (χ1n) is 2.32. The number of allylic oxidation sites excluding steroid dienone is 1. The smallest absolute Gasteiger partial charge is 0.261 e. The van der Waals surface area contributed by atoms with Crippen molar-refractivity contribution in [2.24, 2.45) is 4.99 Å². The van der Waals surface area contributed by atoms with Gasteiger partial charge in [-0.15, -0.1) is 0 Å². The predicted molar refractivity (Wildman–Crippen MR) is 30.5 cm³/mol. The molecule has 1 radical (unpaired) electrons. The van der Waals surface area contributed by atoms with E-state index in [-0.39, 0.29) is 0 Å². The van der Waals surface area contributed by atoms with Crippen LogP contribution in [0.15, 0.2) is 17.3 Å². The Bertz CT molecular complexity index is 175. The van der Waals surface area contributed by atoms with Crippen molar-refractivity contribution >= 4 is 6.21 Å². The lowest BCUT2D eigenvalue weighted by Crippen LogP contribution is -2.26. The minimum absolute atomic E-state index is 0.556. The summed E-state index contributed by atoms with van der Waals surface area (Å²) in [5.74, 6) is 0. The number of hydrogen-bond acceptors (Lipinski definition) is 3. The highest BCUT2D eigenvalue weighted by Gasteiger charge is 2.17. The Hall–Kier alpha value is -1.39. The van der Waals surface area contributed by atoms with Gasteiger partial charge in [-0.3, -0.25) is 10.1 Å². The minimum atomic E-state index is -1.12. The van der Waals surface area contributed by atoms with E-state index >= 15 is 0 Å². The van der Waals surface area contributed by atoms with Gasteiger partial charge in [0, 0.05) is 12.4 Å². The first kappa shape index (κ1) is 5.74. The van der Waals surface area contributed by atoms with Crippen molar-refractivity contribution in [3.8, 4) is 0 Å². The van der Waals surface area contributed by atoms with Gasteiger partial charge in [-0.25, -0.2) is 0 Å². The van der Waals surface area contributed by atoms with Crippen molar-refractivity contribution in [1.29, 1.82) is 0 Å². The molecule has 1 rings (SSSR count). The van der Waals surface area contributed by atoms with Gasteiger partial charge in [-0.2, -0.15) is 10.3 Å². The summed E-state index contributed by atoms with van der Waals surface area (Å²) in [6.07, 6.45) is 3.15. The first-order chi connectivity index (χ1) is 4.30. The SMILES string of the molecule is O=[N+]([O-])C1[N]C=CC=N1. The number of rotatable bonds is 1. The van der Waals surface area contributed by atoms with E-state index in [1.807, 2.05) is 0 Å². The lowest BCUT2D eigenvalue weighted by Gasteiger charge is -2.01. The second-order valence-electron chi connectivity index (χ2n) is 1.42. The maximum atomic E-state index is 9.92. The van der Waals surface area contributed by atoms with E-state index in [0.29, 0.717) is 0 Å². The summed E-state index contributed by atoms with van der Waals surface area (Å²) in [5.41, 5.74) is 0. The maximum Gasteiger partial charge on any atom is 0.402 e. The van der Waals surface area contributed by atoms with Crippen LogP contribution < -0.4 is 5.32 Å². The highest BCUT2D eigenvalue weighted by atomic mass is 16.6. The lowest BCUT2D eigenvalue weighted by atomic mass is 10.6. The minimum Gasteiger partial charge on any atom is -0.261 e. The molecule has 0 aliphatic carbocycles. The summed E-state index contributed by atoms with van der Waals surface area (Å²) in [6.45, 7) is 0. The summed E-state index contributed by atoms with van der Waals surface area (Å²) in [6, 6.07) is 0. The molecule has 1 atom stereocenters. The fraction of sp³-hybridized carbons (Fsp3) is 0.250. The van der Waals surface area contributed by atoms with Crippen LogP contribution in [0.5, 0.6) is 0 Å². The van der Waals surface area contributed by atoms with Crippen LogP contribution in [0.25, 0.3) is 0 Å². The Morgan fingerprint density at radius 2 is 2.44 bits per heavy atom. The second-order valence-corrected chi connectivity index (χ2v) is 1.42. The summed E-state index contributed by atoms with van der Waals surface area (Å²) >= 11 is 0. The lowest BCUT2D eigenvalue weighted by molar-refractivity contribution is -0.526. The average molecular weight is 126 g/mol. The van der Waals surface area contributed by atoms with Crippen LogP contribution in [0.3, 0.4) is 0 Å². The van der Waals surface area contributed by atoms with Gasteiger partial charge >= 0.3 is 6.29 Å². The molecule has 0 fully saturated rings. The maximum absolute atomic E-state index is 9.92.